The van der Waals surface area contributed by atoms with Gasteiger partial charge in [-0.2, -0.15) is 10.2 Å². The van der Waals surface area contributed by atoms with Crippen molar-refractivity contribution in [1.29, 1.82) is 0 Å². The minimum atomic E-state index is -0.218. The Morgan fingerprint density at radius 1 is 1.29 bits per heavy atom. The summed E-state index contributed by atoms with van der Waals surface area (Å²) in [6, 6.07) is 7.39. The van der Waals surface area contributed by atoms with Crippen LogP contribution in [0.1, 0.15) is 42.6 Å². The van der Waals surface area contributed by atoms with Gasteiger partial charge in [-0.15, -0.1) is 0 Å². The number of amides is 1. The van der Waals surface area contributed by atoms with E-state index in [9.17, 15) is 9.59 Å². The molecule has 3 aromatic rings. The minimum Gasteiger partial charge on any atom is -0.340 e. The third-order valence-electron chi connectivity index (χ3n) is 5.65. The maximum atomic E-state index is 12.9. The molecule has 146 valence electrons. The maximum Gasteiger partial charge on any atom is 0.275 e. The third-order valence-corrected chi connectivity index (χ3v) is 5.65. The molecule has 1 N–H and O–H groups in total. The molecule has 1 amide bonds. The standard InChI is InChI=1S/C21H25N5O2/c1-3-15-11-22-23-20(15)16-7-6-10-25(12-16)19(27)13-26-21(28)18-9-5-4-8-17(18)14(2)24-26/h4-5,8-9,11,16H,3,6-7,10,12-13H2,1-2H3,(H,22,23)/t16-/m1/s1. The summed E-state index contributed by atoms with van der Waals surface area (Å²) in [6.45, 7) is 5.31. The average molecular weight is 379 g/mol. The van der Waals surface area contributed by atoms with Crippen LogP contribution in [-0.4, -0.2) is 43.9 Å². The number of aromatic amines is 1. The Hall–Kier alpha value is -2.96. The molecule has 1 aromatic carbocycles. The largest absolute Gasteiger partial charge is 0.340 e. The fourth-order valence-electron chi connectivity index (χ4n) is 4.14. The Kier molecular flexibility index (Phi) is 4.98. The zero-order chi connectivity index (χ0) is 19.7. The molecule has 0 saturated carbocycles. The van der Waals surface area contributed by atoms with Gasteiger partial charge in [0.1, 0.15) is 6.54 Å². The van der Waals surface area contributed by atoms with E-state index in [-0.39, 0.29) is 23.9 Å². The van der Waals surface area contributed by atoms with Crippen molar-refractivity contribution in [1.82, 2.24) is 24.9 Å². The van der Waals surface area contributed by atoms with Crippen LogP contribution >= 0.6 is 0 Å². The van der Waals surface area contributed by atoms with Crippen LogP contribution in [0.4, 0.5) is 0 Å². The van der Waals surface area contributed by atoms with Crippen LogP contribution in [0.25, 0.3) is 10.8 Å². The van der Waals surface area contributed by atoms with Gasteiger partial charge in [-0.1, -0.05) is 25.1 Å². The topological polar surface area (TPSA) is 83.9 Å². The SMILES string of the molecule is CCc1cn[nH]c1[C@@H]1CCCN(C(=O)Cn2nc(C)c3ccccc3c2=O)C1. The fourth-order valence-corrected chi connectivity index (χ4v) is 4.14. The van der Waals surface area contributed by atoms with Gasteiger partial charge >= 0.3 is 0 Å². The first-order valence-corrected chi connectivity index (χ1v) is 9.84. The van der Waals surface area contributed by atoms with E-state index in [4.69, 9.17) is 0 Å². The molecule has 0 spiro atoms. The normalized spacial score (nSPS) is 17.2. The number of carbonyl (C=O) groups is 1. The summed E-state index contributed by atoms with van der Waals surface area (Å²) >= 11 is 0. The number of aryl methyl sites for hydroxylation is 2. The number of nitrogens with zero attached hydrogens (tertiary/aromatic N) is 4. The summed E-state index contributed by atoms with van der Waals surface area (Å²) in [5, 5.41) is 13.1. The van der Waals surface area contributed by atoms with Crippen LogP contribution in [0.5, 0.6) is 0 Å². The van der Waals surface area contributed by atoms with Crippen molar-refractivity contribution < 1.29 is 4.79 Å². The zero-order valence-electron chi connectivity index (χ0n) is 16.3. The highest BCUT2D eigenvalue weighted by Gasteiger charge is 2.27. The van der Waals surface area contributed by atoms with Crippen molar-refractivity contribution in [3.8, 4) is 0 Å². The van der Waals surface area contributed by atoms with E-state index < -0.39 is 0 Å². The molecule has 0 unspecified atom stereocenters. The van der Waals surface area contributed by atoms with Gasteiger partial charge in [0.2, 0.25) is 5.91 Å². The smallest absolute Gasteiger partial charge is 0.275 e. The number of hydrogen-bond acceptors (Lipinski definition) is 4. The van der Waals surface area contributed by atoms with Gasteiger partial charge in [-0.3, -0.25) is 14.7 Å². The quantitative estimate of drug-likeness (QED) is 0.754. The van der Waals surface area contributed by atoms with E-state index in [0.717, 1.165) is 36.0 Å². The van der Waals surface area contributed by atoms with Crippen LogP contribution in [-0.2, 0) is 17.8 Å². The Labute approximate surface area is 163 Å². The van der Waals surface area contributed by atoms with Crippen molar-refractivity contribution in [3.05, 3.63) is 57.8 Å². The van der Waals surface area contributed by atoms with Gasteiger partial charge in [-0.25, -0.2) is 4.68 Å². The minimum absolute atomic E-state index is 0.0269. The molecule has 0 radical (unpaired) electrons. The number of fused-ring (bicyclic) bond motifs is 1. The highest BCUT2D eigenvalue weighted by atomic mass is 16.2. The number of benzene rings is 1. The van der Waals surface area contributed by atoms with E-state index in [1.807, 2.05) is 36.2 Å². The monoisotopic (exact) mass is 379 g/mol. The predicted octanol–water partition coefficient (Wildman–Crippen LogP) is 2.40. The predicted molar refractivity (Wildman–Crippen MR) is 107 cm³/mol. The first kappa shape index (κ1) is 18.4. The molecule has 2 aromatic heterocycles. The Morgan fingerprint density at radius 3 is 2.86 bits per heavy atom. The lowest BCUT2D eigenvalue weighted by atomic mass is 9.92. The molecular weight excluding hydrogens is 354 g/mol. The summed E-state index contributed by atoms with van der Waals surface area (Å²) in [5.74, 6) is 0.199. The van der Waals surface area contributed by atoms with Crippen LogP contribution in [0.15, 0.2) is 35.3 Å². The summed E-state index contributed by atoms with van der Waals surface area (Å²) < 4.78 is 1.30. The van der Waals surface area contributed by atoms with Crippen molar-refractivity contribution in [3.63, 3.8) is 0 Å². The molecule has 0 aliphatic carbocycles. The lowest BCUT2D eigenvalue weighted by Gasteiger charge is -2.32. The van der Waals surface area contributed by atoms with E-state index in [1.54, 1.807) is 6.07 Å². The van der Waals surface area contributed by atoms with Crippen LogP contribution < -0.4 is 5.56 Å². The molecule has 4 rings (SSSR count). The van der Waals surface area contributed by atoms with Gasteiger partial charge in [-0.05, 0) is 37.8 Å². The number of carbonyl (C=O) groups excluding carboxylic acids is 1. The molecule has 1 atom stereocenters. The van der Waals surface area contributed by atoms with Gasteiger partial charge in [0, 0.05) is 30.1 Å². The van der Waals surface area contributed by atoms with Gasteiger partial charge in [0.25, 0.3) is 5.56 Å². The first-order chi connectivity index (χ1) is 13.6. The first-order valence-electron chi connectivity index (χ1n) is 9.84. The maximum absolute atomic E-state index is 12.9. The lowest BCUT2D eigenvalue weighted by molar-refractivity contribution is -0.133. The Morgan fingerprint density at radius 2 is 2.07 bits per heavy atom. The lowest BCUT2D eigenvalue weighted by Crippen LogP contribution is -2.42. The summed E-state index contributed by atoms with van der Waals surface area (Å²) in [7, 11) is 0. The van der Waals surface area contributed by atoms with Crippen LogP contribution in [0.2, 0.25) is 0 Å². The molecule has 1 fully saturated rings. The number of hydrogen-bond donors (Lipinski definition) is 1. The number of H-pyrrole nitrogens is 1. The molecule has 28 heavy (non-hydrogen) atoms. The summed E-state index contributed by atoms with van der Waals surface area (Å²) in [6.07, 6.45) is 4.77. The number of piperidine rings is 1. The third kappa shape index (κ3) is 3.32. The zero-order valence-corrected chi connectivity index (χ0v) is 16.3. The van der Waals surface area contributed by atoms with Crippen molar-refractivity contribution in [2.45, 2.75) is 45.6 Å². The average Bonchev–Trinajstić information content (AvgIpc) is 3.21. The molecule has 7 nitrogen and oxygen atoms in total. The Balaban J connectivity index is 1.55. The second-order valence-corrected chi connectivity index (χ2v) is 7.44. The molecule has 0 bridgehead atoms. The highest BCUT2D eigenvalue weighted by Crippen LogP contribution is 2.28. The van der Waals surface area contributed by atoms with Gasteiger partial charge in [0.15, 0.2) is 0 Å². The fraction of sp³-hybridized carbons (Fsp3) is 0.429. The van der Waals surface area contributed by atoms with E-state index in [1.165, 1.54) is 10.2 Å². The van der Waals surface area contributed by atoms with Gasteiger partial charge < -0.3 is 4.90 Å². The summed E-state index contributed by atoms with van der Waals surface area (Å²) in [5.41, 5.74) is 2.88. The van der Waals surface area contributed by atoms with Gasteiger partial charge in [0.05, 0.1) is 17.3 Å². The van der Waals surface area contributed by atoms with E-state index >= 15 is 0 Å². The molecule has 1 aliphatic rings. The molecule has 3 heterocycles. The number of likely N-dealkylation sites (tertiary alicyclic amines) is 1. The summed E-state index contributed by atoms with van der Waals surface area (Å²) in [4.78, 5) is 27.5. The van der Waals surface area contributed by atoms with Crippen molar-refractivity contribution in [2.75, 3.05) is 13.1 Å². The molecule has 1 aliphatic heterocycles. The van der Waals surface area contributed by atoms with E-state index in [2.05, 4.69) is 22.2 Å². The molecule has 7 heteroatoms. The Bertz CT molecular complexity index is 1070. The van der Waals surface area contributed by atoms with Crippen LogP contribution in [0, 0.1) is 6.92 Å². The number of rotatable bonds is 4. The van der Waals surface area contributed by atoms with Crippen molar-refractivity contribution in [2.24, 2.45) is 0 Å². The van der Waals surface area contributed by atoms with E-state index in [0.29, 0.717) is 18.5 Å². The highest BCUT2D eigenvalue weighted by molar-refractivity contribution is 5.83. The second kappa shape index (κ2) is 7.58. The number of aromatic nitrogens is 4. The van der Waals surface area contributed by atoms with Crippen molar-refractivity contribution >= 4 is 16.7 Å². The molecular formula is C21H25N5O2. The second-order valence-electron chi connectivity index (χ2n) is 7.44. The number of nitrogens with one attached hydrogen (secondary N) is 1. The van der Waals surface area contributed by atoms with Crippen LogP contribution in [0.3, 0.4) is 0 Å². The molecule has 1 saturated heterocycles.